The van der Waals surface area contributed by atoms with Gasteiger partial charge in [-0.3, -0.25) is 4.79 Å². The molecule has 82 valence electrons. The van der Waals surface area contributed by atoms with Gasteiger partial charge in [0.15, 0.2) is 0 Å². The Morgan fingerprint density at radius 2 is 2.06 bits per heavy atom. The first-order valence-electron chi connectivity index (χ1n) is 5.56. The lowest BCUT2D eigenvalue weighted by molar-refractivity contribution is -0.122. The molecular formula is C13H14N2O. The SMILES string of the molecule is N#CC(C(=O)NC1CCC1)c1ccccc1. The number of carbonyl (C=O) groups is 1. The third-order valence-corrected chi connectivity index (χ3v) is 2.98. The quantitative estimate of drug-likeness (QED) is 0.836. The van der Waals surface area contributed by atoms with E-state index in [1.54, 1.807) is 0 Å². The van der Waals surface area contributed by atoms with Gasteiger partial charge in [0.05, 0.1) is 6.07 Å². The average molecular weight is 214 g/mol. The van der Waals surface area contributed by atoms with E-state index in [9.17, 15) is 4.79 Å². The summed E-state index contributed by atoms with van der Waals surface area (Å²) in [5.74, 6) is -0.847. The normalized spacial score (nSPS) is 16.9. The van der Waals surface area contributed by atoms with Crippen LogP contribution in [-0.2, 0) is 4.79 Å². The van der Waals surface area contributed by atoms with Crippen LogP contribution in [0.5, 0.6) is 0 Å². The van der Waals surface area contributed by atoms with E-state index in [1.807, 2.05) is 30.3 Å². The van der Waals surface area contributed by atoms with Crippen LogP contribution in [0.2, 0.25) is 0 Å². The van der Waals surface area contributed by atoms with E-state index in [1.165, 1.54) is 6.42 Å². The highest BCUT2D eigenvalue weighted by atomic mass is 16.1. The number of carbonyl (C=O) groups excluding carboxylic acids is 1. The largest absolute Gasteiger partial charge is 0.352 e. The lowest BCUT2D eigenvalue weighted by Gasteiger charge is -2.27. The number of rotatable bonds is 3. The van der Waals surface area contributed by atoms with Crippen molar-refractivity contribution < 1.29 is 4.79 Å². The number of amides is 1. The van der Waals surface area contributed by atoms with E-state index in [0.717, 1.165) is 18.4 Å². The third-order valence-electron chi connectivity index (χ3n) is 2.98. The number of benzene rings is 1. The van der Waals surface area contributed by atoms with E-state index < -0.39 is 5.92 Å². The van der Waals surface area contributed by atoms with Gasteiger partial charge in [-0.25, -0.2) is 0 Å². The summed E-state index contributed by atoms with van der Waals surface area (Å²) in [5, 5.41) is 11.9. The van der Waals surface area contributed by atoms with Crippen LogP contribution in [0.25, 0.3) is 0 Å². The van der Waals surface area contributed by atoms with Gasteiger partial charge in [-0.2, -0.15) is 5.26 Å². The van der Waals surface area contributed by atoms with E-state index in [2.05, 4.69) is 11.4 Å². The smallest absolute Gasteiger partial charge is 0.242 e. The molecule has 1 aromatic rings. The second-order valence-corrected chi connectivity index (χ2v) is 4.11. The van der Waals surface area contributed by atoms with Crippen molar-refractivity contribution in [3.8, 4) is 6.07 Å². The molecule has 0 heterocycles. The lowest BCUT2D eigenvalue weighted by Crippen LogP contribution is -2.41. The van der Waals surface area contributed by atoms with E-state index in [0.29, 0.717) is 0 Å². The first kappa shape index (κ1) is 10.7. The Hall–Kier alpha value is -1.82. The molecule has 1 unspecified atom stereocenters. The molecule has 16 heavy (non-hydrogen) atoms. The maximum absolute atomic E-state index is 11.8. The lowest BCUT2D eigenvalue weighted by atomic mass is 9.91. The average Bonchev–Trinajstić information content (AvgIpc) is 2.26. The van der Waals surface area contributed by atoms with Gasteiger partial charge >= 0.3 is 0 Å². The second-order valence-electron chi connectivity index (χ2n) is 4.11. The van der Waals surface area contributed by atoms with Crippen molar-refractivity contribution in [3.05, 3.63) is 35.9 Å². The van der Waals surface area contributed by atoms with Crippen molar-refractivity contribution in [2.75, 3.05) is 0 Å². The topological polar surface area (TPSA) is 52.9 Å². The highest BCUT2D eigenvalue weighted by Gasteiger charge is 2.25. The molecule has 3 heteroatoms. The van der Waals surface area contributed by atoms with Gasteiger partial charge in [-0.15, -0.1) is 0 Å². The Morgan fingerprint density at radius 3 is 2.56 bits per heavy atom. The molecule has 0 spiro atoms. The molecule has 3 nitrogen and oxygen atoms in total. The molecule has 1 aliphatic carbocycles. The van der Waals surface area contributed by atoms with Crippen LogP contribution in [0.3, 0.4) is 0 Å². The number of hydrogen-bond donors (Lipinski definition) is 1. The van der Waals surface area contributed by atoms with Gasteiger partial charge in [0, 0.05) is 6.04 Å². The van der Waals surface area contributed by atoms with Gasteiger partial charge in [0.1, 0.15) is 5.92 Å². The summed E-state index contributed by atoms with van der Waals surface area (Å²) in [4.78, 5) is 11.8. The molecule has 1 aromatic carbocycles. The molecular weight excluding hydrogens is 200 g/mol. The van der Waals surface area contributed by atoms with Gasteiger partial charge in [0.25, 0.3) is 0 Å². The van der Waals surface area contributed by atoms with Gasteiger partial charge in [-0.1, -0.05) is 30.3 Å². The van der Waals surface area contributed by atoms with Crippen LogP contribution in [-0.4, -0.2) is 11.9 Å². The summed E-state index contributed by atoms with van der Waals surface area (Å²) in [6.07, 6.45) is 3.25. The minimum atomic E-state index is -0.679. The highest BCUT2D eigenvalue weighted by molar-refractivity contribution is 5.86. The Morgan fingerprint density at radius 1 is 1.38 bits per heavy atom. The molecule has 0 aromatic heterocycles. The Labute approximate surface area is 95.1 Å². The van der Waals surface area contributed by atoms with Crippen LogP contribution in [0, 0.1) is 11.3 Å². The molecule has 0 saturated heterocycles. The Balaban J connectivity index is 2.05. The summed E-state index contributed by atoms with van der Waals surface area (Å²) in [5.41, 5.74) is 0.766. The molecule has 1 fully saturated rings. The van der Waals surface area contributed by atoms with Crippen LogP contribution < -0.4 is 5.32 Å². The molecule has 1 N–H and O–H groups in total. The zero-order valence-electron chi connectivity index (χ0n) is 9.02. The van der Waals surface area contributed by atoms with Crippen molar-refractivity contribution in [1.82, 2.24) is 5.32 Å². The molecule has 0 bridgehead atoms. The predicted molar refractivity (Wildman–Crippen MR) is 60.6 cm³/mol. The molecule has 0 radical (unpaired) electrons. The summed E-state index contributed by atoms with van der Waals surface area (Å²) >= 11 is 0. The Bertz CT molecular complexity index is 404. The second kappa shape index (κ2) is 4.80. The summed E-state index contributed by atoms with van der Waals surface area (Å²) in [6.45, 7) is 0. The molecule has 1 saturated carbocycles. The Kier molecular flexibility index (Phi) is 3.21. The molecule has 1 aliphatic rings. The summed E-state index contributed by atoms with van der Waals surface area (Å²) in [6, 6.07) is 11.5. The minimum absolute atomic E-state index is 0.168. The first-order valence-corrected chi connectivity index (χ1v) is 5.56. The molecule has 1 atom stereocenters. The van der Waals surface area contributed by atoms with Crippen LogP contribution >= 0.6 is 0 Å². The maximum atomic E-state index is 11.8. The number of nitrogens with zero attached hydrogens (tertiary/aromatic N) is 1. The fraction of sp³-hybridized carbons (Fsp3) is 0.385. The minimum Gasteiger partial charge on any atom is -0.352 e. The number of nitriles is 1. The summed E-state index contributed by atoms with van der Waals surface area (Å²) in [7, 11) is 0. The maximum Gasteiger partial charge on any atom is 0.242 e. The van der Waals surface area contributed by atoms with Gasteiger partial charge in [0.2, 0.25) is 5.91 Å². The monoisotopic (exact) mass is 214 g/mol. The van der Waals surface area contributed by atoms with Crippen LogP contribution in [0.1, 0.15) is 30.7 Å². The van der Waals surface area contributed by atoms with Crippen LogP contribution in [0.15, 0.2) is 30.3 Å². The zero-order chi connectivity index (χ0) is 11.4. The van der Waals surface area contributed by atoms with Gasteiger partial charge in [-0.05, 0) is 24.8 Å². The zero-order valence-corrected chi connectivity index (χ0v) is 9.02. The standard InChI is InChI=1S/C13H14N2O/c14-9-12(10-5-2-1-3-6-10)13(16)15-11-7-4-8-11/h1-3,5-6,11-12H,4,7-8H2,(H,15,16). The highest BCUT2D eigenvalue weighted by Crippen LogP contribution is 2.20. The first-order chi connectivity index (χ1) is 7.81. The number of nitrogens with one attached hydrogen (secondary N) is 1. The third kappa shape index (κ3) is 2.22. The van der Waals surface area contributed by atoms with Crippen LogP contribution in [0.4, 0.5) is 0 Å². The van der Waals surface area contributed by atoms with Crippen molar-refractivity contribution in [3.63, 3.8) is 0 Å². The molecule has 2 rings (SSSR count). The predicted octanol–water partition coefficient (Wildman–Crippen LogP) is 1.96. The molecule has 0 aliphatic heterocycles. The van der Waals surface area contributed by atoms with E-state index >= 15 is 0 Å². The van der Waals surface area contributed by atoms with Gasteiger partial charge < -0.3 is 5.32 Å². The van der Waals surface area contributed by atoms with E-state index in [4.69, 9.17) is 5.26 Å². The fourth-order valence-electron chi connectivity index (χ4n) is 1.77. The van der Waals surface area contributed by atoms with Crippen molar-refractivity contribution in [1.29, 1.82) is 5.26 Å². The van der Waals surface area contributed by atoms with Crippen molar-refractivity contribution in [2.45, 2.75) is 31.2 Å². The van der Waals surface area contributed by atoms with Crippen molar-refractivity contribution in [2.24, 2.45) is 0 Å². The summed E-state index contributed by atoms with van der Waals surface area (Å²) < 4.78 is 0. The van der Waals surface area contributed by atoms with Crippen molar-refractivity contribution >= 4 is 5.91 Å². The number of hydrogen-bond acceptors (Lipinski definition) is 2. The van der Waals surface area contributed by atoms with E-state index in [-0.39, 0.29) is 11.9 Å². The molecule has 1 amide bonds. The fourth-order valence-corrected chi connectivity index (χ4v) is 1.77.